The SMILES string of the molecule is C[CH]c1c(F)ccc(Cl)c1F. The van der Waals surface area contributed by atoms with Crippen molar-refractivity contribution in [1.29, 1.82) is 0 Å². The molecule has 0 unspecified atom stereocenters. The van der Waals surface area contributed by atoms with E-state index in [2.05, 4.69) is 0 Å². The Balaban J connectivity index is 3.29. The van der Waals surface area contributed by atoms with Gasteiger partial charge in [0.25, 0.3) is 0 Å². The molecule has 0 heterocycles. The maximum absolute atomic E-state index is 12.9. The molecule has 0 amide bonds. The van der Waals surface area contributed by atoms with Gasteiger partial charge < -0.3 is 0 Å². The molecular formula is C8H6ClF2. The van der Waals surface area contributed by atoms with Crippen LogP contribution in [-0.4, -0.2) is 0 Å². The Morgan fingerprint density at radius 1 is 1.36 bits per heavy atom. The Morgan fingerprint density at radius 2 is 2.00 bits per heavy atom. The maximum Gasteiger partial charge on any atom is 0.148 e. The summed E-state index contributed by atoms with van der Waals surface area (Å²) in [5.41, 5.74) is -0.0718. The van der Waals surface area contributed by atoms with E-state index in [1.165, 1.54) is 12.5 Å². The van der Waals surface area contributed by atoms with Gasteiger partial charge in [-0.25, -0.2) is 8.78 Å². The Kier molecular flexibility index (Phi) is 2.45. The Labute approximate surface area is 68.8 Å². The molecule has 0 bridgehead atoms. The molecule has 1 rings (SSSR count). The van der Waals surface area contributed by atoms with Crippen LogP contribution in [0.25, 0.3) is 0 Å². The summed E-state index contributed by atoms with van der Waals surface area (Å²) in [6.07, 6.45) is 1.34. The standard InChI is InChI=1S/C8H6ClF2/c1-2-5-7(10)4-3-6(9)8(5)11/h2-4H,1H3. The highest BCUT2D eigenvalue weighted by molar-refractivity contribution is 6.30. The van der Waals surface area contributed by atoms with Gasteiger partial charge in [-0.05, 0) is 18.6 Å². The van der Waals surface area contributed by atoms with Crippen LogP contribution in [0.1, 0.15) is 12.5 Å². The van der Waals surface area contributed by atoms with Crippen LogP contribution >= 0.6 is 11.6 Å². The molecule has 1 aromatic rings. The van der Waals surface area contributed by atoms with E-state index >= 15 is 0 Å². The molecule has 0 aliphatic carbocycles. The van der Waals surface area contributed by atoms with Crippen molar-refractivity contribution in [2.24, 2.45) is 0 Å². The van der Waals surface area contributed by atoms with Crippen LogP contribution in [0.5, 0.6) is 0 Å². The second-order valence-electron chi connectivity index (χ2n) is 2.05. The van der Waals surface area contributed by atoms with Gasteiger partial charge in [0.15, 0.2) is 0 Å². The first-order valence-corrected chi connectivity index (χ1v) is 3.47. The van der Waals surface area contributed by atoms with Crippen molar-refractivity contribution in [3.63, 3.8) is 0 Å². The third kappa shape index (κ3) is 1.51. The van der Waals surface area contributed by atoms with Gasteiger partial charge in [-0.15, -0.1) is 0 Å². The minimum atomic E-state index is -0.700. The summed E-state index contributed by atoms with van der Waals surface area (Å²) in [5.74, 6) is -1.29. The molecule has 3 heteroatoms. The Hall–Kier alpha value is -0.630. The molecule has 1 radical (unpaired) electrons. The van der Waals surface area contributed by atoms with Crippen molar-refractivity contribution in [3.05, 3.63) is 40.8 Å². The molecule has 0 aliphatic heterocycles. The average Bonchev–Trinajstić information content (AvgIpc) is 1.99. The quantitative estimate of drug-likeness (QED) is 0.575. The summed E-state index contributed by atoms with van der Waals surface area (Å²) in [5, 5.41) is -0.0560. The van der Waals surface area contributed by atoms with Crippen LogP contribution in [0.4, 0.5) is 8.78 Å². The van der Waals surface area contributed by atoms with E-state index in [0.29, 0.717) is 0 Å². The summed E-state index contributed by atoms with van der Waals surface area (Å²) in [6.45, 7) is 1.55. The molecule has 0 N–H and O–H groups in total. The van der Waals surface area contributed by atoms with Crippen LogP contribution in [0.2, 0.25) is 5.02 Å². The van der Waals surface area contributed by atoms with E-state index in [1.807, 2.05) is 0 Å². The molecule has 0 saturated carbocycles. The second-order valence-corrected chi connectivity index (χ2v) is 2.45. The molecule has 0 nitrogen and oxygen atoms in total. The van der Waals surface area contributed by atoms with Crippen LogP contribution in [0.15, 0.2) is 12.1 Å². The van der Waals surface area contributed by atoms with E-state index in [9.17, 15) is 8.78 Å². The predicted octanol–water partition coefficient (Wildman–Crippen LogP) is 3.19. The topological polar surface area (TPSA) is 0 Å². The smallest absolute Gasteiger partial charge is 0.148 e. The van der Waals surface area contributed by atoms with Gasteiger partial charge in [0, 0.05) is 5.56 Å². The molecule has 0 atom stereocenters. The number of rotatable bonds is 1. The first kappa shape index (κ1) is 8.47. The largest absolute Gasteiger partial charge is 0.207 e. The lowest BCUT2D eigenvalue weighted by molar-refractivity contribution is 0.571. The maximum atomic E-state index is 12.9. The molecule has 0 spiro atoms. The molecule has 59 valence electrons. The summed E-state index contributed by atoms with van der Waals surface area (Å²) >= 11 is 5.40. The zero-order chi connectivity index (χ0) is 8.43. The first-order chi connectivity index (χ1) is 5.16. The molecule has 11 heavy (non-hydrogen) atoms. The van der Waals surface area contributed by atoms with Crippen molar-refractivity contribution in [1.82, 2.24) is 0 Å². The molecule has 0 saturated heterocycles. The van der Waals surface area contributed by atoms with Crippen molar-refractivity contribution in [2.75, 3.05) is 0 Å². The monoisotopic (exact) mass is 175 g/mol. The molecule has 0 fully saturated rings. The lowest BCUT2D eigenvalue weighted by atomic mass is 10.1. The number of benzene rings is 1. The zero-order valence-corrected chi connectivity index (χ0v) is 6.62. The minimum Gasteiger partial charge on any atom is -0.207 e. The normalized spacial score (nSPS) is 10.2. The van der Waals surface area contributed by atoms with Gasteiger partial charge in [-0.3, -0.25) is 0 Å². The van der Waals surface area contributed by atoms with Gasteiger partial charge >= 0.3 is 0 Å². The number of hydrogen-bond donors (Lipinski definition) is 0. The van der Waals surface area contributed by atoms with E-state index in [-0.39, 0.29) is 10.6 Å². The van der Waals surface area contributed by atoms with Gasteiger partial charge in [0.05, 0.1) is 5.02 Å². The summed E-state index contributed by atoms with van der Waals surface area (Å²) in [7, 11) is 0. The van der Waals surface area contributed by atoms with Gasteiger partial charge in [0.2, 0.25) is 0 Å². The van der Waals surface area contributed by atoms with Crippen molar-refractivity contribution >= 4 is 11.6 Å². The van der Waals surface area contributed by atoms with E-state index in [0.717, 1.165) is 6.07 Å². The third-order valence-corrected chi connectivity index (χ3v) is 1.66. The van der Waals surface area contributed by atoms with E-state index < -0.39 is 11.6 Å². The number of hydrogen-bond acceptors (Lipinski definition) is 0. The predicted molar refractivity (Wildman–Crippen MR) is 40.4 cm³/mol. The van der Waals surface area contributed by atoms with Gasteiger partial charge in [-0.1, -0.05) is 18.5 Å². The highest BCUT2D eigenvalue weighted by Gasteiger charge is 2.09. The summed E-state index contributed by atoms with van der Waals surface area (Å²) in [6, 6.07) is 2.33. The van der Waals surface area contributed by atoms with Crippen LogP contribution in [-0.2, 0) is 0 Å². The fraction of sp³-hybridized carbons (Fsp3) is 0.125. The fourth-order valence-electron chi connectivity index (χ4n) is 0.807. The molecule has 1 aromatic carbocycles. The first-order valence-electron chi connectivity index (χ1n) is 3.09. The lowest BCUT2D eigenvalue weighted by Gasteiger charge is -2.01. The van der Waals surface area contributed by atoms with E-state index in [4.69, 9.17) is 11.6 Å². The Morgan fingerprint density at radius 3 is 2.45 bits per heavy atom. The molecule has 0 aromatic heterocycles. The number of halogens is 3. The van der Waals surface area contributed by atoms with Crippen molar-refractivity contribution in [3.8, 4) is 0 Å². The van der Waals surface area contributed by atoms with Crippen molar-refractivity contribution < 1.29 is 8.78 Å². The van der Waals surface area contributed by atoms with Crippen LogP contribution < -0.4 is 0 Å². The highest BCUT2D eigenvalue weighted by Crippen LogP contribution is 2.21. The van der Waals surface area contributed by atoms with Crippen LogP contribution in [0, 0.1) is 18.1 Å². The van der Waals surface area contributed by atoms with Crippen LogP contribution in [0.3, 0.4) is 0 Å². The van der Waals surface area contributed by atoms with Gasteiger partial charge in [-0.2, -0.15) is 0 Å². The fourth-order valence-corrected chi connectivity index (χ4v) is 0.972. The zero-order valence-electron chi connectivity index (χ0n) is 5.87. The van der Waals surface area contributed by atoms with E-state index in [1.54, 1.807) is 6.92 Å². The summed E-state index contributed by atoms with van der Waals surface area (Å²) < 4.78 is 25.6. The third-order valence-electron chi connectivity index (χ3n) is 1.37. The molecular weight excluding hydrogens is 170 g/mol. The second kappa shape index (κ2) is 3.18. The minimum absolute atomic E-state index is 0.0560. The van der Waals surface area contributed by atoms with Crippen molar-refractivity contribution in [2.45, 2.75) is 6.92 Å². The molecule has 0 aliphatic rings. The summed E-state index contributed by atoms with van der Waals surface area (Å²) in [4.78, 5) is 0. The van der Waals surface area contributed by atoms with Gasteiger partial charge in [0.1, 0.15) is 11.6 Å². The highest BCUT2D eigenvalue weighted by atomic mass is 35.5. The lowest BCUT2D eigenvalue weighted by Crippen LogP contribution is -1.91. The average molecular weight is 176 g/mol. The Bertz CT molecular complexity index is 271.